The van der Waals surface area contributed by atoms with E-state index >= 15 is 0 Å². The Morgan fingerprint density at radius 1 is 1.10 bits per heavy atom. The molecular weight excluding hydrogens is 262 g/mol. The molecule has 0 spiro atoms. The van der Waals surface area contributed by atoms with Gasteiger partial charge in [-0.3, -0.25) is 4.79 Å². The molecule has 21 heavy (non-hydrogen) atoms. The highest BCUT2D eigenvalue weighted by molar-refractivity contribution is 5.79. The lowest BCUT2D eigenvalue weighted by atomic mass is 9.98. The van der Waals surface area contributed by atoms with Gasteiger partial charge in [-0.15, -0.1) is 0 Å². The summed E-state index contributed by atoms with van der Waals surface area (Å²) in [6.07, 6.45) is 0. The van der Waals surface area contributed by atoms with Crippen molar-refractivity contribution in [2.24, 2.45) is 0 Å². The van der Waals surface area contributed by atoms with E-state index in [2.05, 4.69) is 5.32 Å². The average molecular weight is 283 g/mol. The van der Waals surface area contributed by atoms with Crippen LogP contribution in [0.15, 0.2) is 54.6 Å². The highest BCUT2D eigenvalue weighted by Gasteiger charge is 2.21. The van der Waals surface area contributed by atoms with Gasteiger partial charge < -0.3 is 10.1 Å². The highest BCUT2D eigenvalue weighted by Crippen LogP contribution is 2.19. The molecule has 2 aromatic carbocycles. The lowest BCUT2D eigenvalue weighted by molar-refractivity contribution is -0.144. The number of aryl methyl sites for hydroxylation is 1. The van der Waals surface area contributed by atoms with Crippen LogP contribution in [0, 0.1) is 6.92 Å². The lowest BCUT2D eigenvalue weighted by Gasteiger charge is -2.17. The van der Waals surface area contributed by atoms with E-state index in [1.807, 2.05) is 68.4 Å². The third-order valence-corrected chi connectivity index (χ3v) is 3.33. The fourth-order valence-electron chi connectivity index (χ4n) is 2.15. The quantitative estimate of drug-likeness (QED) is 0.820. The van der Waals surface area contributed by atoms with Gasteiger partial charge in [0.05, 0.1) is 12.5 Å². The molecule has 2 rings (SSSR count). The van der Waals surface area contributed by atoms with E-state index in [1.54, 1.807) is 0 Å². The molecule has 1 unspecified atom stereocenters. The largest absolute Gasteiger partial charge is 0.465 e. The summed E-state index contributed by atoms with van der Waals surface area (Å²) in [5.74, 6) is -0.490. The number of carbonyl (C=O) groups excluding carboxylic acids is 1. The van der Waals surface area contributed by atoms with Crippen molar-refractivity contribution in [2.75, 3.05) is 18.5 Å². The molecule has 0 amide bonds. The minimum Gasteiger partial charge on any atom is -0.465 e. The van der Waals surface area contributed by atoms with Crippen molar-refractivity contribution in [3.05, 3.63) is 65.7 Å². The summed E-state index contributed by atoms with van der Waals surface area (Å²) in [6.45, 7) is 4.78. The van der Waals surface area contributed by atoms with E-state index in [4.69, 9.17) is 4.74 Å². The molecular formula is C18H21NO2. The molecule has 3 heteroatoms. The number of ether oxygens (including phenoxy) is 1. The van der Waals surface area contributed by atoms with Gasteiger partial charge in [0, 0.05) is 12.2 Å². The van der Waals surface area contributed by atoms with Crippen LogP contribution in [0.4, 0.5) is 5.69 Å². The summed E-state index contributed by atoms with van der Waals surface area (Å²) in [5, 5.41) is 3.30. The van der Waals surface area contributed by atoms with Crippen LogP contribution in [0.2, 0.25) is 0 Å². The normalized spacial score (nSPS) is 11.7. The second-order valence-corrected chi connectivity index (χ2v) is 4.96. The van der Waals surface area contributed by atoms with Crippen molar-refractivity contribution in [3.8, 4) is 0 Å². The molecule has 0 fully saturated rings. The van der Waals surface area contributed by atoms with Crippen LogP contribution in [0.5, 0.6) is 0 Å². The number of esters is 1. The first-order chi connectivity index (χ1) is 10.2. The van der Waals surface area contributed by atoms with Gasteiger partial charge in [0.25, 0.3) is 0 Å². The number of nitrogens with one attached hydrogen (secondary N) is 1. The van der Waals surface area contributed by atoms with Gasteiger partial charge in [0.2, 0.25) is 0 Å². The van der Waals surface area contributed by atoms with Crippen molar-refractivity contribution >= 4 is 11.7 Å². The van der Waals surface area contributed by atoms with E-state index in [0.717, 1.165) is 11.3 Å². The first-order valence-electron chi connectivity index (χ1n) is 7.23. The predicted molar refractivity (Wildman–Crippen MR) is 85.5 cm³/mol. The standard InChI is InChI=1S/C18H21NO2/c1-3-21-18(20)17(15-11-9-14(2)10-12-15)13-19-16-7-5-4-6-8-16/h4-12,17,19H,3,13H2,1-2H3. The van der Waals surface area contributed by atoms with Gasteiger partial charge in [-0.05, 0) is 31.5 Å². The number of hydrogen-bond acceptors (Lipinski definition) is 3. The molecule has 0 heterocycles. The average Bonchev–Trinajstić information content (AvgIpc) is 2.50. The molecule has 0 saturated carbocycles. The van der Waals surface area contributed by atoms with Crippen LogP contribution < -0.4 is 5.32 Å². The van der Waals surface area contributed by atoms with Crippen molar-refractivity contribution in [3.63, 3.8) is 0 Å². The van der Waals surface area contributed by atoms with Gasteiger partial charge in [0.1, 0.15) is 0 Å². The second-order valence-electron chi connectivity index (χ2n) is 4.96. The van der Waals surface area contributed by atoms with Gasteiger partial charge in [0.15, 0.2) is 0 Å². The maximum absolute atomic E-state index is 12.2. The molecule has 0 aliphatic heterocycles. The summed E-state index contributed by atoms with van der Waals surface area (Å²) in [5.41, 5.74) is 3.15. The first kappa shape index (κ1) is 15.1. The molecule has 2 aromatic rings. The van der Waals surface area contributed by atoms with Crippen LogP contribution in [0.3, 0.4) is 0 Å². The maximum atomic E-state index is 12.2. The molecule has 0 aromatic heterocycles. The maximum Gasteiger partial charge on any atom is 0.315 e. The fourth-order valence-corrected chi connectivity index (χ4v) is 2.15. The Hall–Kier alpha value is -2.29. The zero-order valence-corrected chi connectivity index (χ0v) is 12.5. The van der Waals surface area contributed by atoms with Crippen LogP contribution in [0.1, 0.15) is 24.0 Å². The smallest absolute Gasteiger partial charge is 0.315 e. The van der Waals surface area contributed by atoms with Gasteiger partial charge in [-0.2, -0.15) is 0 Å². The van der Waals surface area contributed by atoms with Crippen molar-refractivity contribution in [1.82, 2.24) is 0 Å². The molecule has 110 valence electrons. The number of hydrogen-bond donors (Lipinski definition) is 1. The zero-order chi connectivity index (χ0) is 15.1. The van der Waals surface area contributed by atoms with E-state index < -0.39 is 0 Å². The van der Waals surface area contributed by atoms with E-state index in [9.17, 15) is 4.79 Å². The summed E-state index contributed by atoms with van der Waals surface area (Å²) >= 11 is 0. The van der Waals surface area contributed by atoms with Crippen LogP contribution in [-0.4, -0.2) is 19.1 Å². The summed E-state index contributed by atoms with van der Waals surface area (Å²) in [7, 11) is 0. The molecule has 1 N–H and O–H groups in total. The monoisotopic (exact) mass is 283 g/mol. The van der Waals surface area contributed by atoms with E-state index in [1.165, 1.54) is 5.56 Å². The van der Waals surface area contributed by atoms with Gasteiger partial charge in [-0.25, -0.2) is 0 Å². The van der Waals surface area contributed by atoms with Gasteiger partial charge >= 0.3 is 5.97 Å². The lowest BCUT2D eigenvalue weighted by Crippen LogP contribution is -2.23. The molecule has 0 radical (unpaired) electrons. The van der Waals surface area contributed by atoms with Crippen molar-refractivity contribution in [1.29, 1.82) is 0 Å². The van der Waals surface area contributed by atoms with Crippen molar-refractivity contribution in [2.45, 2.75) is 19.8 Å². The Balaban J connectivity index is 2.12. The number of benzene rings is 2. The Kier molecular flexibility index (Phi) is 5.38. The highest BCUT2D eigenvalue weighted by atomic mass is 16.5. The van der Waals surface area contributed by atoms with Gasteiger partial charge in [-0.1, -0.05) is 48.0 Å². The minimum atomic E-state index is -0.300. The third kappa shape index (κ3) is 4.35. The van der Waals surface area contributed by atoms with E-state index in [0.29, 0.717) is 13.2 Å². The third-order valence-electron chi connectivity index (χ3n) is 3.33. The Morgan fingerprint density at radius 2 is 1.76 bits per heavy atom. The molecule has 0 aliphatic rings. The molecule has 1 atom stereocenters. The number of para-hydroxylation sites is 1. The number of rotatable bonds is 6. The second kappa shape index (κ2) is 7.48. The Labute approximate surface area is 126 Å². The van der Waals surface area contributed by atoms with Crippen LogP contribution in [0.25, 0.3) is 0 Å². The Bertz CT molecular complexity index is 564. The van der Waals surface area contributed by atoms with E-state index in [-0.39, 0.29) is 11.9 Å². The molecule has 0 bridgehead atoms. The van der Waals surface area contributed by atoms with Crippen LogP contribution in [-0.2, 0) is 9.53 Å². The number of anilines is 1. The fraction of sp³-hybridized carbons (Fsp3) is 0.278. The minimum absolute atomic E-state index is 0.190. The predicted octanol–water partition coefficient (Wildman–Crippen LogP) is 3.75. The summed E-state index contributed by atoms with van der Waals surface area (Å²) in [4.78, 5) is 12.2. The summed E-state index contributed by atoms with van der Waals surface area (Å²) in [6, 6.07) is 17.9. The zero-order valence-electron chi connectivity index (χ0n) is 12.5. The Morgan fingerprint density at radius 3 is 2.38 bits per heavy atom. The molecule has 0 aliphatic carbocycles. The molecule has 0 saturated heterocycles. The number of carbonyl (C=O) groups is 1. The first-order valence-corrected chi connectivity index (χ1v) is 7.23. The molecule has 3 nitrogen and oxygen atoms in total. The van der Waals surface area contributed by atoms with Crippen molar-refractivity contribution < 1.29 is 9.53 Å². The topological polar surface area (TPSA) is 38.3 Å². The summed E-state index contributed by atoms with van der Waals surface area (Å²) < 4.78 is 5.20. The van der Waals surface area contributed by atoms with Crippen LogP contribution >= 0.6 is 0 Å². The SMILES string of the molecule is CCOC(=O)C(CNc1ccccc1)c1ccc(C)cc1.